The molecule has 0 saturated carbocycles. The molecule has 5 nitrogen and oxygen atoms in total. The Balaban J connectivity index is 1.60. The van der Waals surface area contributed by atoms with Gasteiger partial charge in [0.15, 0.2) is 5.82 Å². The van der Waals surface area contributed by atoms with Crippen molar-refractivity contribution < 1.29 is 13.6 Å². The van der Waals surface area contributed by atoms with E-state index in [1.165, 1.54) is 6.07 Å². The summed E-state index contributed by atoms with van der Waals surface area (Å²) in [4.78, 5) is 16.2. The summed E-state index contributed by atoms with van der Waals surface area (Å²) in [5, 5.41) is 9.70. The van der Waals surface area contributed by atoms with Crippen molar-refractivity contribution >= 4 is 23.4 Å². The van der Waals surface area contributed by atoms with Crippen molar-refractivity contribution in [3.63, 3.8) is 0 Å². The molecule has 0 saturated heterocycles. The molecule has 1 aromatic heterocycles. The average Bonchev–Trinajstić information content (AvgIpc) is 3.05. The van der Waals surface area contributed by atoms with Crippen LogP contribution in [0.2, 0.25) is 0 Å². The maximum atomic E-state index is 13.5. The molecule has 0 radical (unpaired) electrons. The lowest BCUT2D eigenvalue weighted by atomic mass is 10.1. The van der Waals surface area contributed by atoms with Gasteiger partial charge < -0.3 is 5.32 Å². The SMILES string of the molecule is Cc1ccccc1-c1nc(SCC(=O)Nc2ccc(F)cc2F)n[nH]1. The standard InChI is InChI=1S/C17H14F2N4OS/c1-10-4-2-3-5-12(10)16-21-17(23-22-16)25-9-15(24)20-14-7-6-11(18)8-13(14)19/h2-8H,9H2,1H3,(H,20,24)(H,21,22,23). The summed E-state index contributed by atoms with van der Waals surface area (Å²) in [5.74, 6) is -1.34. The highest BCUT2D eigenvalue weighted by Crippen LogP contribution is 2.22. The maximum absolute atomic E-state index is 13.5. The summed E-state index contributed by atoms with van der Waals surface area (Å²) >= 11 is 1.12. The van der Waals surface area contributed by atoms with Gasteiger partial charge in [-0.25, -0.2) is 13.8 Å². The van der Waals surface area contributed by atoms with Crippen LogP contribution in [0.25, 0.3) is 11.4 Å². The molecule has 0 aliphatic rings. The molecule has 0 atom stereocenters. The van der Waals surface area contributed by atoms with Crippen LogP contribution in [0.4, 0.5) is 14.5 Å². The van der Waals surface area contributed by atoms with Gasteiger partial charge in [0.2, 0.25) is 11.1 Å². The molecule has 1 amide bonds. The fourth-order valence-electron chi connectivity index (χ4n) is 2.18. The molecular formula is C17H14F2N4OS. The van der Waals surface area contributed by atoms with E-state index in [-0.39, 0.29) is 11.4 Å². The predicted octanol–water partition coefficient (Wildman–Crippen LogP) is 3.79. The van der Waals surface area contributed by atoms with Crippen LogP contribution in [0.3, 0.4) is 0 Å². The zero-order valence-electron chi connectivity index (χ0n) is 13.2. The number of hydrogen-bond donors (Lipinski definition) is 2. The van der Waals surface area contributed by atoms with E-state index < -0.39 is 17.5 Å². The molecule has 1 heterocycles. The molecule has 2 aromatic carbocycles. The third-order valence-corrected chi connectivity index (χ3v) is 4.25. The van der Waals surface area contributed by atoms with E-state index in [0.29, 0.717) is 17.0 Å². The maximum Gasteiger partial charge on any atom is 0.234 e. The first-order chi connectivity index (χ1) is 12.0. The van der Waals surface area contributed by atoms with E-state index in [0.717, 1.165) is 29.0 Å². The van der Waals surface area contributed by atoms with E-state index in [1.54, 1.807) is 0 Å². The van der Waals surface area contributed by atoms with Crippen molar-refractivity contribution in [1.82, 2.24) is 15.2 Å². The van der Waals surface area contributed by atoms with Crippen LogP contribution in [0.15, 0.2) is 47.6 Å². The van der Waals surface area contributed by atoms with Gasteiger partial charge in [-0.05, 0) is 24.6 Å². The van der Waals surface area contributed by atoms with Gasteiger partial charge in [-0.15, -0.1) is 5.10 Å². The van der Waals surface area contributed by atoms with Crippen molar-refractivity contribution in [2.75, 3.05) is 11.1 Å². The van der Waals surface area contributed by atoms with Gasteiger partial charge in [0.25, 0.3) is 0 Å². The second kappa shape index (κ2) is 7.43. The summed E-state index contributed by atoms with van der Waals surface area (Å²) in [7, 11) is 0. The first-order valence-electron chi connectivity index (χ1n) is 7.39. The fourth-order valence-corrected chi connectivity index (χ4v) is 2.78. The summed E-state index contributed by atoms with van der Waals surface area (Å²) < 4.78 is 26.4. The highest BCUT2D eigenvalue weighted by Gasteiger charge is 2.12. The topological polar surface area (TPSA) is 70.7 Å². The Bertz CT molecular complexity index is 913. The lowest BCUT2D eigenvalue weighted by molar-refractivity contribution is -0.113. The number of carbonyl (C=O) groups excluding carboxylic acids is 1. The monoisotopic (exact) mass is 360 g/mol. The largest absolute Gasteiger partial charge is 0.323 e. The molecular weight excluding hydrogens is 346 g/mol. The number of aryl methyl sites for hydroxylation is 1. The van der Waals surface area contributed by atoms with Gasteiger partial charge >= 0.3 is 0 Å². The van der Waals surface area contributed by atoms with Gasteiger partial charge in [-0.2, -0.15) is 0 Å². The molecule has 3 aromatic rings. The van der Waals surface area contributed by atoms with Crippen LogP contribution in [-0.4, -0.2) is 26.8 Å². The number of thioether (sulfide) groups is 1. The Hall–Kier alpha value is -2.74. The van der Waals surface area contributed by atoms with Crippen molar-refractivity contribution in [3.8, 4) is 11.4 Å². The molecule has 128 valence electrons. The number of H-pyrrole nitrogens is 1. The first-order valence-corrected chi connectivity index (χ1v) is 8.37. The van der Waals surface area contributed by atoms with Gasteiger partial charge in [0.1, 0.15) is 11.6 Å². The van der Waals surface area contributed by atoms with Crippen molar-refractivity contribution in [3.05, 3.63) is 59.7 Å². The second-order valence-electron chi connectivity index (χ2n) is 5.24. The van der Waals surface area contributed by atoms with E-state index in [4.69, 9.17) is 0 Å². The summed E-state index contributed by atoms with van der Waals surface area (Å²) in [6.45, 7) is 1.97. The number of nitrogens with zero attached hydrogens (tertiary/aromatic N) is 2. The van der Waals surface area contributed by atoms with Crippen LogP contribution in [0, 0.1) is 18.6 Å². The van der Waals surface area contributed by atoms with E-state index in [1.807, 2.05) is 31.2 Å². The van der Waals surface area contributed by atoms with Gasteiger partial charge in [0.05, 0.1) is 11.4 Å². The number of aromatic nitrogens is 3. The Morgan fingerprint density at radius 2 is 2.04 bits per heavy atom. The number of rotatable bonds is 5. The van der Waals surface area contributed by atoms with Crippen molar-refractivity contribution in [2.24, 2.45) is 0 Å². The first kappa shape index (κ1) is 17.1. The minimum absolute atomic E-state index is 0.00187. The number of benzene rings is 2. The molecule has 0 aliphatic heterocycles. The van der Waals surface area contributed by atoms with Crippen LogP contribution >= 0.6 is 11.8 Å². The minimum Gasteiger partial charge on any atom is -0.323 e. The smallest absolute Gasteiger partial charge is 0.234 e. The van der Waals surface area contributed by atoms with Gasteiger partial charge in [-0.3, -0.25) is 9.89 Å². The number of anilines is 1. The molecule has 2 N–H and O–H groups in total. The van der Waals surface area contributed by atoms with Gasteiger partial charge in [-0.1, -0.05) is 36.0 Å². The molecule has 0 fully saturated rings. The molecule has 8 heteroatoms. The molecule has 0 unspecified atom stereocenters. The number of aromatic amines is 1. The van der Waals surface area contributed by atoms with Crippen molar-refractivity contribution in [2.45, 2.75) is 12.1 Å². The Morgan fingerprint density at radius 1 is 1.24 bits per heavy atom. The Morgan fingerprint density at radius 3 is 2.80 bits per heavy atom. The second-order valence-corrected chi connectivity index (χ2v) is 6.19. The summed E-state index contributed by atoms with van der Waals surface area (Å²) in [6, 6.07) is 10.7. The highest BCUT2D eigenvalue weighted by atomic mass is 32.2. The lowest BCUT2D eigenvalue weighted by Crippen LogP contribution is -2.15. The van der Waals surface area contributed by atoms with E-state index >= 15 is 0 Å². The predicted molar refractivity (Wildman–Crippen MR) is 92.3 cm³/mol. The van der Waals surface area contributed by atoms with Crippen LogP contribution in [0.5, 0.6) is 0 Å². The van der Waals surface area contributed by atoms with Crippen molar-refractivity contribution in [1.29, 1.82) is 0 Å². The Labute approximate surface area is 146 Å². The summed E-state index contributed by atoms with van der Waals surface area (Å²) in [6.07, 6.45) is 0. The van der Waals surface area contributed by atoms with Crippen LogP contribution < -0.4 is 5.32 Å². The minimum atomic E-state index is -0.821. The molecule has 25 heavy (non-hydrogen) atoms. The fraction of sp³-hybridized carbons (Fsp3) is 0.118. The van der Waals surface area contributed by atoms with Gasteiger partial charge in [0, 0.05) is 11.6 Å². The van der Waals surface area contributed by atoms with E-state index in [9.17, 15) is 13.6 Å². The third kappa shape index (κ3) is 4.21. The normalized spacial score (nSPS) is 10.7. The zero-order chi connectivity index (χ0) is 17.8. The highest BCUT2D eigenvalue weighted by molar-refractivity contribution is 7.99. The Kier molecular flexibility index (Phi) is 5.08. The third-order valence-electron chi connectivity index (χ3n) is 3.40. The number of hydrogen-bond acceptors (Lipinski definition) is 4. The molecule has 0 bridgehead atoms. The number of amides is 1. The number of nitrogens with one attached hydrogen (secondary N) is 2. The number of carbonyl (C=O) groups is 1. The van der Waals surface area contributed by atoms with E-state index in [2.05, 4.69) is 20.5 Å². The molecule has 0 spiro atoms. The summed E-state index contributed by atoms with van der Waals surface area (Å²) in [5.41, 5.74) is 1.92. The van der Waals surface area contributed by atoms with Crippen LogP contribution in [0.1, 0.15) is 5.56 Å². The molecule has 0 aliphatic carbocycles. The quantitative estimate of drug-likeness (QED) is 0.679. The number of halogens is 2. The zero-order valence-corrected chi connectivity index (χ0v) is 14.0. The average molecular weight is 360 g/mol. The van der Waals surface area contributed by atoms with Crippen LogP contribution in [-0.2, 0) is 4.79 Å². The molecule has 3 rings (SSSR count). The lowest BCUT2D eigenvalue weighted by Gasteiger charge is -2.05.